The Morgan fingerprint density at radius 1 is 0.449 bits per heavy atom. The minimum absolute atomic E-state index is 0.107. The molecule has 0 aliphatic carbocycles. The van der Waals surface area contributed by atoms with Crippen molar-refractivity contribution in [1.29, 1.82) is 0 Å². The zero-order valence-electron chi connectivity index (χ0n) is 28.2. The molecule has 0 amide bonds. The molecule has 2 aromatic rings. The normalized spacial score (nSPS) is 12.0. The van der Waals surface area contributed by atoms with Crippen molar-refractivity contribution in [1.82, 2.24) is 0 Å². The van der Waals surface area contributed by atoms with Crippen LogP contribution in [-0.4, -0.2) is 150 Å². The molecule has 0 atom stereocenters. The molecule has 0 unspecified atom stereocenters. The molecule has 0 fully saturated rings. The monoisotopic (exact) mass is 700 g/mol. The van der Waals surface area contributed by atoms with E-state index in [9.17, 15) is 40.2 Å². The average molecular weight is 701 g/mol. The van der Waals surface area contributed by atoms with E-state index in [2.05, 4.69) is 0 Å². The first-order chi connectivity index (χ1) is 23.5. The summed E-state index contributed by atoms with van der Waals surface area (Å²) in [6.07, 6.45) is 0. The first-order valence-electron chi connectivity index (χ1n) is 15.1. The molecule has 16 nitrogen and oxygen atoms in total. The third-order valence-corrected chi connectivity index (χ3v) is 7.84. The molecule has 0 spiro atoms. The van der Waals surface area contributed by atoms with Crippen LogP contribution in [0.4, 0.5) is 0 Å². The molecule has 0 saturated heterocycles. The van der Waals surface area contributed by atoms with Crippen LogP contribution in [0.2, 0.25) is 0 Å². The Bertz CT molecular complexity index is 1160. The summed E-state index contributed by atoms with van der Waals surface area (Å²) in [4.78, 5) is 25.5. The molecular weight excluding hydrogens is 652 g/mol. The molecule has 49 heavy (non-hydrogen) atoms. The number of aliphatic hydroxyl groups is 6. The Labute approximate surface area is 284 Å². The van der Waals surface area contributed by atoms with Gasteiger partial charge in [-0.3, -0.25) is 0 Å². The zero-order chi connectivity index (χ0) is 36.5. The maximum atomic E-state index is 12.7. The van der Waals surface area contributed by atoms with Crippen molar-refractivity contribution < 1.29 is 78.1 Å². The van der Waals surface area contributed by atoms with Crippen LogP contribution in [0.3, 0.4) is 0 Å². The molecule has 2 rings (SSSR count). The predicted octanol–water partition coefficient (Wildman–Crippen LogP) is -0.319. The van der Waals surface area contributed by atoms with E-state index in [0.717, 1.165) is 0 Å². The van der Waals surface area contributed by atoms with Crippen LogP contribution in [-0.2, 0) is 18.9 Å². The van der Waals surface area contributed by atoms with Gasteiger partial charge in [0.05, 0.1) is 122 Å². The molecule has 0 bridgehead atoms. The lowest BCUT2D eigenvalue weighted by molar-refractivity contribution is -0.128. The smallest absolute Gasteiger partial charge is 0.338 e. The molecule has 0 saturated carbocycles. The Kier molecular flexibility index (Phi) is 17.0. The third kappa shape index (κ3) is 11.7. The number of hydrogen-bond donors (Lipinski definition) is 6. The van der Waals surface area contributed by atoms with Crippen LogP contribution < -0.4 is 18.9 Å². The van der Waals surface area contributed by atoms with Gasteiger partial charge in [-0.25, -0.2) is 9.59 Å². The Balaban J connectivity index is 2.01. The molecule has 16 heteroatoms. The van der Waals surface area contributed by atoms with Crippen molar-refractivity contribution in [3.05, 3.63) is 47.5 Å². The second-order valence-corrected chi connectivity index (χ2v) is 11.8. The lowest BCUT2D eigenvalue weighted by atomic mass is 9.90. The number of rotatable bonds is 24. The first-order valence-corrected chi connectivity index (χ1v) is 15.1. The minimum Gasteiger partial charge on any atom is -0.497 e. The topological polar surface area (TPSA) is 229 Å². The van der Waals surface area contributed by atoms with Crippen LogP contribution in [0.1, 0.15) is 20.7 Å². The molecule has 276 valence electrons. The SMILES string of the molecule is COc1cc(OC)cc(C(=O)OCC(CO)(CO)COCC(CO)(CO)COCC(CO)(CO)COC(=O)c2cc(OC)cc(OC)c2)c1. The van der Waals surface area contributed by atoms with Gasteiger partial charge in [-0.05, 0) is 24.3 Å². The fraction of sp³-hybridized carbons (Fsp3) is 0.576. The van der Waals surface area contributed by atoms with Crippen LogP contribution >= 0.6 is 0 Å². The quantitative estimate of drug-likeness (QED) is 0.0771. The van der Waals surface area contributed by atoms with E-state index in [0.29, 0.717) is 23.0 Å². The molecule has 0 aliphatic rings. The van der Waals surface area contributed by atoms with Gasteiger partial charge in [-0.15, -0.1) is 0 Å². The number of benzene rings is 2. The number of methoxy groups -OCH3 is 4. The third-order valence-electron chi connectivity index (χ3n) is 7.84. The van der Waals surface area contributed by atoms with E-state index in [-0.39, 0.29) is 37.6 Å². The summed E-state index contributed by atoms with van der Waals surface area (Å²) in [6.45, 7) is -6.08. The highest BCUT2D eigenvalue weighted by Gasteiger charge is 2.37. The van der Waals surface area contributed by atoms with Gasteiger partial charge in [0.1, 0.15) is 36.2 Å². The van der Waals surface area contributed by atoms with Crippen molar-refractivity contribution in [2.45, 2.75) is 0 Å². The summed E-state index contributed by atoms with van der Waals surface area (Å²) >= 11 is 0. The Hall–Kier alpha value is -3.74. The second-order valence-electron chi connectivity index (χ2n) is 11.8. The van der Waals surface area contributed by atoms with E-state index in [1.54, 1.807) is 12.1 Å². The van der Waals surface area contributed by atoms with E-state index < -0.39 is 81.0 Å². The highest BCUT2D eigenvalue weighted by atomic mass is 16.5. The van der Waals surface area contributed by atoms with Crippen molar-refractivity contribution in [2.75, 3.05) is 108 Å². The summed E-state index contributed by atoms with van der Waals surface area (Å²) in [5, 5.41) is 60.6. The summed E-state index contributed by atoms with van der Waals surface area (Å²) in [5.74, 6) is -0.154. The van der Waals surface area contributed by atoms with Crippen molar-refractivity contribution in [2.24, 2.45) is 16.2 Å². The van der Waals surface area contributed by atoms with Crippen LogP contribution in [0.15, 0.2) is 36.4 Å². The summed E-state index contributed by atoms with van der Waals surface area (Å²) < 4.78 is 42.8. The van der Waals surface area contributed by atoms with Crippen molar-refractivity contribution in [3.8, 4) is 23.0 Å². The average Bonchev–Trinajstić information content (AvgIpc) is 3.16. The number of hydrogen-bond acceptors (Lipinski definition) is 16. The van der Waals surface area contributed by atoms with Gasteiger partial charge >= 0.3 is 11.9 Å². The van der Waals surface area contributed by atoms with E-state index >= 15 is 0 Å². The Morgan fingerprint density at radius 2 is 0.694 bits per heavy atom. The number of ether oxygens (including phenoxy) is 8. The predicted molar refractivity (Wildman–Crippen MR) is 171 cm³/mol. The van der Waals surface area contributed by atoms with Crippen LogP contribution in [0, 0.1) is 16.2 Å². The largest absolute Gasteiger partial charge is 0.497 e. The van der Waals surface area contributed by atoms with Crippen molar-refractivity contribution in [3.63, 3.8) is 0 Å². The summed E-state index contributed by atoms with van der Waals surface area (Å²) in [6, 6.07) is 8.87. The van der Waals surface area contributed by atoms with Crippen molar-refractivity contribution >= 4 is 11.9 Å². The molecule has 0 aliphatic heterocycles. The number of carbonyl (C=O) groups is 2. The van der Waals surface area contributed by atoms with E-state index in [1.807, 2.05) is 0 Å². The van der Waals surface area contributed by atoms with Gasteiger partial charge in [-0.2, -0.15) is 0 Å². The van der Waals surface area contributed by atoms with Gasteiger partial charge in [-0.1, -0.05) is 0 Å². The fourth-order valence-corrected chi connectivity index (χ4v) is 4.25. The number of esters is 2. The number of aliphatic hydroxyl groups excluding tert-OH is 6. The van der Waals surface area contributed by atoms with Gasteiger partial charge in [0.2, 0.25) is 0 Å². The fourth-order valence-electron chi connectivity index (χ4n) is 4.25. The van der Waals surface area contributed by atoms with Crippen LogP contribution in [0.5, 0.6) is 23.0 Å². The summed E-state index contributed by atoms with van der Waals surface area (Å²) in [7, 11) is 5.68. The maximum absolute atomic E-state index is 12.7. The van der Waals surface area contributed by atoms with Crippen LogP contribution in [0.25, 0.3) is 0 Å². The second kappa shape index (κ2) is 20.1. The molecule has 0 radical (unpaired) electrons. The molecule has 0 aromatic heterocycles. The lowest BCUT2D eigenvalue weighted by Gasteiger charge is -2.35. The minimum atomic E-state index is -1.45. The summed E-state index contributed by atoms with van der Waals surface area (Å²) in [5.41, 5.74) is -4.09. The van der Waals surface area contributed by atoms with Gasteiger partial charge in [0, 0.05) is 12.1 Å². The zero-order valence-corrected chi connectivity index (χ0v) is 28.2. The van der Waals surface area contributed by atoms with E-state index in [4.69, 9.17) is 37.9 Å². The molecule has 0 heterocycles. The van der Waals surface area contributed by atoms with Gasteiger partial charge in [0.25, 0.3) is 0 Å². The first kappa shape index (κ1) is 41.4. The van der Waals surface area contributed by atoms with E-state index in [1.165, 1.54) is 52.7 Å². The molecular formula is C33H48O16. The molecule has 2 aromatic carbocycles. The lowest BCUT2D eigenvalue weighted by Crippen LogP contribution is -2.46. The Morgan fingerprint density at radius 3 is 0.918 bits per heavy atom. The molecule has 6 N–H and O–H groups in total. The number of carbonyl (C=O) groups excluding carboxylic acids is 2. The highest BCUT2D eigenvalue weighted by molar-refractivity contribution is 5.91. The standard InChI is InChI=1S/C33H48O16/c1-42-25-5-23(6-26(9-25)43-2)29(40)48-21-32(13-36,14-37)19-46-17-31(11-34,12-35)18-47-20-33(15-38,16-39)22-49-30(41)24-7-27(44-3)10-28(8-24)45-4/h5-10,34-39H,11-22H2,1-4H3. The highest BCUT2D eigenvalue weighted by Crippen LogP contribution is 2.27. The maximum Gasteiger partial charge on any atom is 0.338 e. The van der Waals surface area contributed by atoms with Gasteiger partial charge < -0.3 is 68.5 Å². The van der Waals surface area contributed by atoms with Gasteiger partial charge in [0.15, 0.2) is 0 Å².